The lowest BCUT2D eigenvalue weighted by Crippen LogP contribution is -1.94. The van der Waals surface area contributed by atoms with E-state index in [2.05, 4.69) is 37.8 Å². The number of azo groups is 1. The molecule has 1 heterocycles. The van der Waals surface area contributed by atoms with Crippen molar-refractivity contribution >= 4 is 45.1 Å². The molecule has 138 valence electrons. The minimum absolute atomic E-state index is 0.130. The lowest BCUT2D eigenvalue weighted by Gasteiger charge is -2.05. The maximum Gasteiger partial charge on any atom is 0.295 e. The second-order valence-electron chi connectivity index (χ2n) is 5.96. The number of aromatic nitrogens is 1. The maximum absolute atomic E-state index is 12.4. The van der Waals surface area contributed by atoms with E-state index in [0.29, 0.717) is 22.4 Å². The summed E-state index contributed by atoms with van der Waals surface area (Å²) >= 11 is 2.17. The van der Waals surface area contributed by atoms with E-state index in [1.165, 1.54) is 0 Å². The molecule has 0 saturated heterocycles. The molecule has 2 N–H and O–H groups in total. The molecule has 0 atom stereocenters. The lowest BCUT2D eigenvalue weighted by molar-refractivity contribution is 0.0994. The van der Waals surface area contributed by atoms with Crippen molar-refractivity contribution in [2.45, 2.75) is 0 Å². The van der Waals surface area contributed by atoms with Gasteiger partial charge in [0.2, 0.25) is 5.88 Å². The number of nitrogens with zero attached hydrogens (tertiary/aromatic N) is 2. The van der Waals surface area contributed by atoms with Crippen molar-refractivity contribution in [2.75, 3.05) is 0 Å². The number of carbonyl (C=O) groups is 1. The van der Waals surface area contributed by atoms with Gasteiger partial charge in [0.05, 0.1) is 5.52 Å². The molecule has 1 aromatic heterocycles. The predicted octanol–water partition coefficient (Wildman–Crippen LogP) is 6.19. The molecule has 0 unspecified atom stereocenters. The molecule has 0 bridgehead atoms. The van der Waals surface area contributed by atoms with Crippen molar-refractivity contribution in [1.82, 2.24) is 4.98 Å². The van der Waals surface area contributed by atoms with Crippen LogP contribution in [0.3, 0.4) is 0 Å². The second-order valence-corrected chi connectivity index (χ2v) is 7.21. The smallest absolute Gasteiger partial charge is 0.295 e. The first-order valence-electron chi connectivity index (χ1n) is 8.39. The summed E-state index contributed by atoms with van der Waals surface area (Å²) in [6, 6.07) is 21.6. The van der Waals surface area contributed by atoms with Crippen LogP contribution in [-0.4, -0.2) is 16.0 Å². The van der Waals surface area contributed by atoms with Gasteiger partial charge in [-0.1, -0.05) is 24.3 Å². The fourth-order valence-electron chi connectivity index (χ4n) is 2.71. The normalized spacial score (nSPS) is 11.2. The molecule has 4 aromatic rings. The van der Waals surface area contributed by atoms with E-state index >= 15 is 0 Å². The van der Waals surface area contributed by atoms with Crippen LogP contribution in [0.4, 0.5) is 5.69 Å². The third kappa shape index (κ3) is 3.89. The highest BCUT2D eigenvalue weighted by molar-refractivity contribution is 14.1. The fourth-order valence-corrected chi connectivity index (χ4v) is 3.20. The SMILES string of the molecule is O=C(N=Nc1c(O)[nH]c2ccc(I)cc12)c1cccc(Oc2ccccc2)c1. The fraction of sp³-hybridized carbons (Fsp3) is 0. The number of halogens is 1. The highest BCUT2D eigenvalue weighted by atomic mass is 127. The van der Waals surface area contributed by atoms with Crippen LogP contribution < -0.4 is 4.74 Å². The highest BCUT2D eigenvalue weighted by Gasteiger charge is 2.12. The van der Waals surface area contributed by atoms with E-state index < -0.39 is 5.91 Å². The molecular formula is C21H14IN3O3. The van der Waals surface area contributed by atoms with Crippen LogP contribution in [0.1, 0.15) is 10.4 Å². The Kier molecular flexibility index (Phi) is 5.07. The van der Waals surface area contributed by atoms with E-state index in [-0.39, 0.29) is 11.6 Å². The largest absolute Gasteiger partial charge is 0.493 e. The zero-order valence-corrected chi connectivity index (χ0v) is 16.6. The molecule has 28 heavy (non-hydrogen) atoms. The number of aromatic amines is 1. The van der Waals surface area contributed by atoms with E-state index in [1.807, 2.05) is 48.5 Å². The van der Waals surface area contributed by atoms with Crippen molar-refractivity contribution in [1.29, 1.82) is 0 Å². The zero-order chi connectivity index (χ0) is 19.5. The molecule has 6 nitrogen and oxygen atoms in total. The molecule has 0 aliphatic carbocycles. The quantitative estimate of drug-likeness (QED) is 0.268. The molecule has 0 radical (unpaired) electrons. The van der Waals surface area contributed by atoms with Crippen LogP contribution in [0.5, 0.6) is 17.4 Å². The Morgan fingerprint density at radius 2 is 1.75 bits per heavy atom. The highest BCUT2D eigenvalue weighted by Crippen LogP contribution is 2.36. The molecule has 0 aliphatic rings. The Morgan fingerprint density at radius 3 is 2.57 bits per heavy atom. The van der Waals surface area contributed by atoms with Gasteiger partial charge in [-0.25, -0.2) is 0 Å². The average molecular weight is 483 g/mol. The summed E-state index contributed by atoms with van der Waals surface area (Å²) in [6.45, 7) is 0. The van der Waals surface area contributed by atoms with Gasteiger partial charge in [0.25, 0.3) is 5.91 Å². The van der Waals surface area contributed by atoms with Gasteiger partial charge in [-0.3, -0.25) is 4.79 Å². The van der Waals surface area contributed by atoms with Crippen LogP contribution >= 0.6 is 22.6 Å². The number of para-hydroxylation sites is 1. The number of hydrogen-bond donors (Lipinski definition) is 2. The number of amides is 1. The number of hydrogen-bond acceptors (Lipinski definition) is 4. The molecule has 0 fully saturated rings. The summed E-state index contributed by atoms with van der Waals surface area (Å²) < 4.78 is 6.72. The van der Waals surface area contributed by atoms with Crippen molar-refractivity contribution in [3.8, 4) is 17.4 Å². The predicted molar refractivity (Wildman–Crippen MR) is 114 cm³/mol. The van der Waals surface area contributed by atoms with Crippen LogP contribution in [0.15, 0.2) is 83.0 Å². The first kappa shape index (κ1) is 18.2. The number of aromatic hydroxyl groups is 1. The van der Waals surface area contributed by atoms with Gasteiger partial charge in [-0.15, -0.1) is 10.2 Å². The Hall–Kier alpha value is -3.20. The summed E-state index contributed by atoms with van der Waals surface area (Å²) in [6.07, 6.45) is 0. The number of fused-ring (bicyclic) bond motifs is 1. The average Bonchev–Trinajstić information content (AvgIpc) is 3.01. The monoisotopic (exact) mass is 483 g/mol. The van der Waals surface area contributed by atoms with Gasteiger partial charge in [-0.05, 0) is 71.1 Å². The maximum atomic E-state index is 12.4. The summed E-state index contributed by atoms with van der Waals surface area (Å²) in [4.78, 5) is 15.3. The van der Waals surface area contributed by atoms with E-state index in [1.54, 1.807) is 24.3 Å². The van der Waals surface area contributed by atoms with Crippen LogP contribution in [-0.2, 0) is 0 Å². The van der Waals surface area contributed by atoms with Gasteiger partial charge in [0.15, 0.2) is 5.69 Å². The Labute approximate surface area is 174 Å². The molecule has 4 rings (SSSR count). The summed E-state index contributed by atoms with van der Waals surface area (Å²) in [5.41, 5.74) is 1.29. The summed E-state index contributed by atoms with van der Waals surface area (Å²) in [7, 11) is 0. The number of ether oxygens (including phenoxy) is 1. The molecule has 3 aromatic carbocycles. The topological polar surface area (TPSA) is 87.0 Å². The van der Waals surface area contributed by atoms with E-state index in [4.69, 9.17) is 4.74 Å². The minimum atomic E-state index is -0.530. The van der Waals surface area contributed by atoms with Gasteiger partial charge >= 0.3 is 0 Å². The van der Waals surface area contributed by atoms with E-state index in [0.717, 1.165) is 9.09 Å². The number of nitrogens with one attached hydrogen (secondary N) is 1. The minimum Gasteiger partial charge on any atom is -0.493 e. The molecular weight excluding hydrogens is 469 g/mol. The number of rotatable bonds is 4. The number of H-pyrrole nitrogens is 1. The van der Waals surface area contributed by atoms with Crippen LogP contribution in [0.2, 0.25) is 0 Å². The standard InChI is InChI=1S/C21H14IN3O3/c22-14-9-10-18-17(12-14)19(21(27)23-18)24-25-20(26)13-5-4-8-16(11-13)28-15-6-2-1-3-7-15/h1-12,23,27H. The molecule has 0 aliphatic heterocycles. The number of benzene rings is 3. The zero-order valence-electron chi connectivity index (χ0n) is 14.5. The van der Waals surface area contributed by atoms with Gasteiger partial charge in [0.1, 0.15) is 11.5 Å². The molecule has 1 amide bonds. The Balaban J connectivity index is 1.58. The van der Waals surface area contributed by atoms with E-state index in [9.17, 15) is 9.90 Å². The van der Waals surface area contributed by atoms with Gasteiger partial charge in [-0.2, -0.15) is 0 Å². The third-order valence-electron chi connectivity index (χ3n) is 4.01. The lowest BCUT2D eigenvalue weighted by atomic mass is 10.2. The molecule has 0 saturated carbocycles. The van der Waals surface area contributed by atoms with Crippen molar-refractivity contribution < 1.29 is 14.6 Å². The molecule has 0 spiro atoms. The number of carbonyl (C=O) groups excluding carboxylic acids is 1. The van der Waals surface area contributed by atoms with Crippen LogP contribution in [0, 0.1) is 3.57 Å². The Bertz CT molecular complexity index is 1190. The van der Waals surface area contributed by atoms with Crippen molar-refractivity contribution in [2.24, 2.45) is 10.2 Å². The Morgan fingerprint density at radius 1 is 0.964 bits per heavy atom. The first-order valence-corrected chi connectivity index (χ1v) is 9.47. The van der Waals surface area contributed by atoms with Gasteiger partial charge < -0.3 is 14.8 Å². The van der Waals surface area contributed by atoms with Crippen LogP contribution in [0.25, 0.3) is 10.9 Å². The van der Waals surface area contributed by atoms with Crippen molar-refractivity contribution in [3.63, 3.8) is 0 Å². The third-order valence-corrected chi connectivity index (χ3v) is 4.69. The van der Waals surface area contributed by atoms with Crippen molar-refractivity contribution in [3.05, 3.63) is 81.9 Å². The van der Waals surface area contributed by atoms with Gasteiger partial charge in [0, 0.05) is 14.5 Å². The summed E-state index contributed by atoms with van der Waals surface area (Å²) in [5, 5.41) is 18.5. The second kappa shape index (κ2) is 7.81. The molecule has 7 heteroatoms. The first-order chi connectivity index (χ1) is 13.6. The summed E-state index contributed by atoms with van der Waals surface area (Å²) in [5.74, 6) is 0.538.